The van der Waals surface area contributed by atoms with E-state index >= 15 is 0 Å². The van der Waals surface area contributed by atoms with Crippen molar-refractivity contribution in [2.45, 2.75) is 20.5 Å². The van der Waals surface area contributed by atoms with Crippen LogP contribution in [-0.2, 0) is 20.9 Å². The van der Waals surface area contributed by atoms with Crippen LogP contribution in [0.25, 0.3) is 0 Å². The maximum atomic E-state index is 11.0. The van der Waals surface area contributed by atoms with Crippen molar-refractivity contribution < 1.29 is 23.8 Å². The molecular weight excluding hydrogens is 224 g/mol. The summed E-state index contributed by atoms with van der Waals surface area (Å²) in [4.78, 5) is 21.7. The molecule has 0 saturated carbocycles. The minimum Gasteiger partial charge on any atom is -0.493 e. The predicted molar refractivity (Wildman–Crippen MR) is 59.8 cm³/mol. The summed E-state index contributed by atoms with van der Waals surface area (Å²) in [5, 5.41) is 0. The molecule has 5 heteroatoms. The second-order valence-corrected chi connectivity index (χ2v) is 3.32. The zero-order valence-corrected chi connectivity index (χ0v) is 9.98. The van der Waals surface area contributed by atoms with Crippen LogP contribution in [0.5, 0.6) is 11.5 Å². The lowest BCUT2D eigenvalue weighted by Gasteiger charge is -2.12. The number of methoxy groups -OCH3 is 1. The number of hydrogen-bond donors (Lipinski definition) is 0. The van der Waals surface area contributed by atoms with Gasteiger partial charge in [0, 0.05) is 19.4 Å². The third kappa shape index (κ3) is 3.79. The fourth-order valence-electron chi connectivity index (χ4n) is 1.27. The average Bonchev–Trinajstić information content (AvgIpc) is 2.26. The van der Waals surface area contributed by atoms with Gasteiger partial charge in [-0.05, 0) is 6.07 Å². The van der Waals surface area contributed by atoms with Gasteiger partial charge in [0.1, 0.15) is 6.61 Å². The molecule has 0 aliphatic rings. The second kappa shape index (κ2) is 5.89. The van der Waals surface area contributed by atoms with Gasteiger partial charge in [-0.2, -0.15) is 0 Å². The van der Waals surface area contributed by atoms with Gasteiger partial charge in [0.15, 0.2) is 11.5 Å². The zero-order chi connectivity index (χ0) is 12.8. The van der Waals surface area contributed by atoms with Crippen molar-refractivity contribution in [3.63, 3.8) is 0 Å². The van der Waals surface area contributed by atoms with Gasteiger partial charge < -0.3 is 14.2 Å². The lowest BCUT2D eigenvalue weighted by molar-refractivity contribution is -0.142. The van der Waals surface area contributed by atoms with Gasteiger partial charge in [-0.1, -0.05) is 12.1 Å². The van der Waals surface area contributed by atoms with E-state index in [2.05, 4.69) is 0 Å². The molecule has 1 rings (SSSR count). The molecule has 0 aromatic heterocycles. The van der Waals surface area contributed by atoms with Gasteiger partial charge >= 0.3 is 11.9 Å². The maximum Gasteiger partial charge on any atom is 0.308 e. The average molecular weight is 238 g/mol. The van der Waals surface area contributed by atoms with Crippen LogP contribution in [0.4, 0.5) is 0 Å². The van der Waals surface area contributed by atoms with Crippen LogP contribution in [-0.4, -0.2) is 19.0 Å². The molecule has 1 aromatic carbocycles. The lowest BCUT2D eigenvalue weighted by atomic mass is 10.2. The van der Waals surface area contributed by atoms with E-state index in [0.29, 0.717) is 11.3 Å². The Labute approximate surface area is 99.3 Å². The van der Waals surface area contributed by atoms with E-state index in [9.17, 15) is 9.59 Å². The summed E-state index contributed by atoms with van der Waals surface area (Å²) >= 11 is 0. The fraction of sp³-hybridized carbons (Fsp3) is 0.333. The van der Waals surface area contributed by atoms with E-state index in [-0.39, 0.29) is 12.4 Å². The third-order valence-corrected chi connectivity index (χ3v) is 1.96. The van der Waals surface area contributed by atoms with Gasteiger partial charge in [0.25, 0.3) is 0 Å². The molecule has 0 N–H and O–H groups in total. The van der Waals surface area contributed by atoms with Crippen molar-refractivity contribution in [1.29, 1.82) is 0 Å². The highest BCUT2D eigenvalue weighted by Gasteiger charge is 2.13. The molecule has 5 nitrogen and oxygen atoms in total. The van der Waals surface area contributed by atoms with Crippen molar-refractivity contribution in [2.24, 2.45) is 0 Å². The summed E-state index contributed by atoms with van der Waals surface area (Å²) < 4.78 is 15.0. The Morgan fingerprint density at radius 2 is 1.88 bits per heavy atom. The molecule has 0 amide bonds. The number of esters is 2. The van der Waals surface area contributed by atoms with Gasteiger partial charge in [-0.15, -0.1) is 0 Å². The Morgan fingerprint density at radius 3 is 2.41 bits per heavy atom. The smallest absolute Gasteiger partial charge is 0.308 e. The van der Waals surface area contributed by atoms with Gasteiger partial charge in [0.05, 0.1) is 7.11 Å². The van der Waals surface area contributed by atoms with Crippen LogP contribution in [0, 0.1) is 0 Å². The number of carbonyl (C=O) groups is 2. The number of carbonyl (C=O) groups excluding carboxylic acids is 2. The molecule has 17 heavy (non-hydrogen) atoms. The predicted octanol–water partition coefficient (Wildman–Crippen LogP) is 1.68. The monoisotopic (exact) mass is 238 g/mol. The Kier molecular flexibility index (Phi) is 4.51. The number of para-hydroxylation sites is 1. The summed E-state index contributed by atoms with van der Waals surface area (Å²) in [5.74, 6) is -0.159. The molecule has 0 saturated heterocycles. The topological polar surface area (TPSA) is 61.8 Å². The molecule has 0 bridgehead atoms. The van der Waals surface area contributed by atoms with Crippen LogP contribution >= 0.6 is 0 Å². The molecule has 92 valence electrons. The minimum absolute atomic E-state index is 0.0369. The minimum atomic E-state index is -0.460. The molecule has 0 heterocycles. The van der Waals surface area contributed by atoms with Crippen molar-refractivity contribution in [2.75, 3.05) is 7.11 Å². The summed E-state index contributed by atoms with van der Waals surface area (Å²) in [5.41, 5.74) is 0.578. The van der Waals surface area contributed by atoms with Crippen LogP contribution in [0.15, 0.2) is 18.2 Å². The molecule has 0 aliphatic carbocycles. The van der Waals surface area contributed by atoms with Crippen molar-refractivity contribution in [1.82, 2.24) is 0 Å². The Hall–Kier alpha value is -2.04. The van der Waals surface area contributed by atoms with E-state index in [0.717, 1.165) is 0 Å². The quantitative estimate of drug-likeness (QED) is 0.590. The highest BCUT2D eigenvalue weighted by Crippen LogP contribution is 2.31. The Bertz CT molecular complexity index is 425. The highest BCUT2D eigenvalue weighted by atomic mass is 16.6. The third-order valence-electron chi connectivity index (χ3n) is 1.96. The molecule has 0 atom stereocenters. The SMILES string of the molecule is COc1cccc(COC(C)=O)c1OC(C)=O. The first kappa shape index (κ1) is 13.0. The second-order valence-electron chi connectivity index (χ2n) is 3.32. The first-order chi connectivity index (χ1) is 8.04. The van der Waals surface area contributed by atoms with E-state index in [1.54, 1.807) is 18.2 Å². The summed E-state index contributed by atoms with van der Waals surface area (Å²) in [7, 11) is 1.47. The van der Waals surface area contributed by atoms with E-state index in [1.165, 1.54) is 21.0 Å². The van der Waals surface area contributed by atoms with Crippen molar-refractivity contribution in [3.05, 3.63) is 23.8 Å². The first-order valence-electron chi connectivity index (χ1n) is 5.02. The van der Waals surface area contributed by atoms with Crippen LogP contribution < -0.4 is 9.47 Å². The molecule has 0 unspecified atom stereocenters. The van der Waals surface area contributed by atoms with E-state index in [4.69, 9.17) is 14.2 Å². The highest BCUT2D eigenvalue weighted by molar-refractivity contribution is 5.71. The standard InChI is InChI=1S/C12H14O5/c1-8(13)16-7-10-5-4-6-11(15-3)12(10)17-9(2)14/h4-6H,7H2,1-3H3. The Balaban J connectivity index is 3.00. The van der Waals surface area contributed by atoms with Crippen LogP contribution in [0.2, 0.25) is 0 Å². The molecule has 0 spiro atoms. The number of benzene rings is 1. The molecule has 0 fully saturated rings. The van der Waals surface area contributed by atoms with Gasteiger partial charge in [-0.25, -0.2) is 0 Å². The summed E-state index contributed by atoms with van der Waals surface area (Å²) in [6, 6.07) is 5.09. The first-order valence-corrected chi connectivity index (χ1v) is 5.02. The number of hydrogen-bond acceptors (Lipinski definition) is 5. The largest absolute Gasteiger partial charge is 0.493 e. The Morgan fingerprint density at radius 1 is 1.18 bits per heavy atom. The molecule has 1 aromatic rings. The number of ether oxygens (including phenoxy) is 3. The maximum absolute atomic E-state index is 11.0. The van der Waals surface area contributed by atoms with E-state index in [1.807, 2.05) is 0 Å². The molecule has 0 radical (unpaired) electrons. The van der Waals surface area contributed by atoms with Crippen molar-refractivity contribution >= 4 is 11.9 Å². The van der Waals surface area contributed by atoms with Crippen LogP contribution in [0.1, 0.15) is 19.4 Å². The normalized spacial score (nSPS) is 9.59. The number of rotatable bonds is 4. The van der Waals surface area contributed by atoms with E-state index < -0.39 is 11.9 Å². The molecular formula is C12H14O5. The van der Waals surface area contributed by atoms with Crippen LogP contribution in [0.3, 0.4) is 0 Å². The summed E-state index contributed by atoms with van der Waals surface area (Å²) in [6.45, 7) is 2.64. The van der Waals surface area contributed by atoms with Gasteiger partial charge in [-0.3, -0.25) is 9.59 Å². The van der Waals surface area contributed by atoms with Crippen molar-refractivity contribution in [3.8, 4) is 11.5 Å². The lowest BCUT2D eigenvalue weighted by Crippen LogP contribution is -2.07. The molecule has 0 aliphatic heterocycles. The zero-order valence-electron chi connectivity index (χ0n) is 9.98. The van der Waals surface area contributed by atoms with Gasteiger partial charge in [0.2, 0.25) is 0 Å². The summed E-state index contributed by atoms with van der Waals surface area (Å²) in [6.07, 6.45) is 0. The fourth-order valence-corrected chi connectivity index (χ4v) is 1.27.